The largest absolute Gasteiger partial charge is 0.342 e. The van der Waals surface area contributed by atoms with Gasteiger partial charge in [-0.15, -0.1) is 0 Å². The van der Waals surface area contributed by atoms with Gasteiger partial charge in [0.2, 0.25) is 11.8 Å². The molecular weight excluding hydrogens is 300 g/mol. The monoisotopic (exact) mass is 324 g/mol. The van der Waals surface area contributed by atoms with Crippen molar-refractivity contribution in [2.45, 2.75) is 49.8 Å². The molecule has 1 unspecified atom stereocenters. The van der Waals surface area contributed by atoms with Crippen LogP contribution in [0.1, 0.15) is 44.9 Å². The highest BCUT2D eigenvalue weighted by Gasteiger charge is 2.54. The molecule has 5 nitrogen and oxygen atoms in total. The predicted molar refractivity (Wildman–Crippen MR) is 83.3 cm³/mol. The molecule has 2 aliphatic carbocycles. The molecule has 2 saturated heterocycles. The molecule has 0 aromatic rings. The van der Waals surface area contributed by atoms with Gasteiger partial charge in [-0.25, -0.2) is 0 Å². The maximum atomic E-state index is 12.6. The third-order valence-corrected chi connectivity index (χ3v) is 7.91. The molecule has 0 aromatic carbocycles. The summed E-state index contributed by atoms with van der Waals surface area (Å²) in [5, 5.41) is 0. The summed E-state index contributed by atoms with van der Waals surface area (Å²) in [6.45, 7) is 2.10. The molecule has 4 fully saturated rings. The van der Waals surface area contributed by atoms with Crippen LogP contribution < -0.4 is 0 Å². The smallest absolute Gasteiger partial charge is 0.236 e. The van der Waals surface area contributed by atoms with E-state index in [1.807, 2.05) is 9.80 Å². The number of rotatable bonds is 3. The highest BCUT2D eigenvalue weighted by atomic mass is 32.2. The molecule has 1 spiro atoms. The Morgan fingerprint density at radius 2 is 1.86 bits per heavy atom. The maximum absolute atomic E-state index is 12.6. The van der Waals surface area contributed by atoms with Gasteiger partial charge in [-0.05, 0) is 31.6 Å². The zero-order valence-electron chi connectivity index (χ0n) is 13.0. The summed E-state index contributed by atoms with van der Waals surface area (Å²) in [7, 11) is -1.10. The zero-order chi connectivity index (χ0) is 15.3. The van der Waals surface area contributed by atoms with Gasteiger partial charge in [0.15, 0.2) is 0 Å². The van der Waals surface area contributed by atoms with Crippen LogP contribution in [0.5, 0.6) is 0 Å². The average Bonchev–Trinajstić information content (AvgIpc) is 3.23. The van der Waals surface area contributed by atoms with Gasteiger partial charge in [0.05, 0.1) is 10.8 Å². The lowest BCUT2D eigenvalue weighted by molar-refractivity contribution is -0.141. The van der Waals surface area contributed by atoms with Gasteiger partial charge in [-0.3, -0.25) is 13.8 Å². The number of amides is 2. The first-order chi connectivity index (χ1) is 10.6. The van der Waals surface area contributed by atoms with Crippen LogP contribution in [-0.2, 0) is 20.4 Å². The first kappa shape index (κ1) is 14.7. The van der Waals surface area contributed by atoms with Crippen LogP contribution >= 0.6 is 0 Å². The lowest BCUT2D eigenvalue weighted by Crippen LogP contribution is -2.57. The molecule has 2 aliphatic heterocycles. The first-order valence-electron chi connectivity index (χ1n) is 8.58. The van der Waals surface area contributed by atoms with Crippen molar-refractivity contribution in [1.82, 2.24) is 9.80 Å². The molecular formula is C16H24N2O3S. The van der Waals surface area contributed by atoms with Gasteiger partial charge in [-0.1, -0.05) is 6.42 Å². The molecule has 22 heavy (non-hydrogen) atoms. The van der Waals surface area contributed by atoms with Crippen LogP contribution in [0.25, 0.3) is 0 Å². The number of piperidine rings is 1. The second kappa shape index (κ2) is 5.32. The van der Waals surface area contributed by atoms with E-state index in [1.54, 1.807) is 0 Å². The van der Waals surface area contributed by atoms with Crippen LogP contribution in [0.4, 0.5) is 0 Å². The standard InChI is InChI=1S/C16H24N2O3S/c19-14-11-22(21)16(18(14)10-12-4-5-12)6-8-17(9-7-16)15(20)13-2-1-3-13/h12-13H,1-11H2. The summed E-state index contributed by atoms with van der Waals surface area (Å²) in [5.74, 6) is 1.37. The van der Waals surface area contributed by atoms with Gasteiger partial charge < -0.3 is 9.80 Å². The number of hydrogen-bond acceptors (Lipinski definition) is 3. The fourth-order valence-corrected chi connectivity index (χ4v) is 5.70. The maximum Gasteiger partial charge on any atom is 0.236 e. The predicted octanol–water partition coefficient (Wildman–Crippen LogP) is 1.11. The lowest BCUT2D eigenvalue weighted by atomic mass is 9.84. The van der Waals surface area contributed by atoms with Gasteiger partial charge in [0.25, 0.3) is 0 Å². The molecule has 1 atom stereocenters. The van der Waals surface area contributed by atoms with E-state index in [0.717, 1.165) is 19.4 Å². The van der Waals surface area contributed by atoms with Gasteiger partial charge >= 0.3 is 0 Å². The second-order valence-corrected chi connectivity index (χ2v) is 9.08. The fourth-order valence-electron chi connectivity index (χ4n) is 3.99. The summed E-state index contributed by atoms with van der Waals surface area (Å²) in [4.78, 5) is 28.0. The molecule has 122 valence electrons. The Balaban J connectivity index is 1.46. The van der Waals surface area contributed by atoms with Gasteiger partial charge in [0.1, 0.15) is 10.6 Å². The summed E-state index contributed by atoms with van der Waals surface area (Å²) < 4.78 is 12.6. The molecule has 2 saturated carbocycles. The number of likely N-dealkylation sites (tertiary alicyclic amines) is 1. The molecule has 6 heteroatoms. The minimum atomic E-state index is -1.10. The van der Waals surface area contributed by atoms with E-state index in [0.29, 0.717) is 31.8 Å². The first-order valence-corrected chi connectivity index (χ1v) is 9.90. The highest BCUT2D eigenvalue weighted by Crippen LogP contribution is 2.41. The second-order valence-electron chi connectivity index (χ2n) is 7.34. The van der Waals surface area contributed by atoms with Crippen molar-refractivity contribution >= 4 is 22.6 Å². The zero-order valence-corrected chi connectivity index (χ0v) is 13.8. The number of carbonyl (C=O) groups excluding carboxylic acids is 2. The lowest BCUT2D eigenvalue weighted by Gasteiger charge is -2.44. The van der Waals surface area contributed by atoms with Gasteiger partial charge in [-0.2, -0.15) is 0 Å². The molecule has 2 heterocycles. The van der Waals surface area contributed by atoms with E-state index in [-0.39, 0.29) is 23.5 Å². The number of carbonyl (C=O) groups is 2. The molecule has 0 N–H and O–H groups in total. The fraction of sp³-hybridized carbons (Fsp3) is 0.875. The Morgan fingerprint density at radius 3 is 2.41 bits per heavy atom. The van der Waals surface area contributed by atoms with Crippen LogP contribution in [0.15, 0.2) is 0 Å². The number of hydrogen-bond donors (Lipinski definition) is 0. The van der Waals surface area contributed by atoms with Crippen molar-refractivity contribution in [3.05, 3.63) is 0 Å². The normalized spacial score (nSPS) is 31.6. The van der Waals surface area contributed by atoms with Gasteiger partial charge in [0, 0.05) is 38.4 Å². The van der Waals surface area contributed by atoms with E-state index in [4.69, 9.17) is 0 Å². The topological polar surface area (TPSA) is 57.7 Å². The van der Waals surface area contributed by atoms with Crippen molar-refractivity contribution in [2.75, 3.05) is 25.4 Å². The number of nitrogens with zero attached hydrogens (tertiary/aromatic N) is 2. The third-order valence-electron chi connectivity index (χ3n) is 5.92. The molecule has 0 bridgehead atoms. The summed E-state index contributed by atoms with van der Waals surface area (Å²) in [6.07, 6.45) is 6.99. The minimum absolute atomic E-state index is 0.0593. The van der Waals surface area contributed by atoms with E-state index < -0.39 is 15.7 Å². The van der Waals surface area contributed by atoms with Crippen LogP contribution in [0, 0.1) is 11.8 Å². The van der Waals surface area contributed by atoms with E-state index in [9.17, 15) is 13.8 Å². The Bertz CT molecular complexity index is 519. The van der Waals surface area contributed by atoms with Crippen molar-refractivity contribution in [1.29, 1.82) is 0 Å². The van der Waals surface area contributed by atoms with Crippen LogP contribution in [-0.4, -0.2) is 56.1 Å². The average molecular weight is 324 g/mol. The Labute approximate surface area is 133 Å². The van der Waals surface area contributed by atoms with Crippen molar-refractivity contribution < 1.29 is 13.8 Å². The summed E-state index contributed by atoms with van der Waals surface area (Å²) in [6, 6.07) is 0. The Hall–Kier alpha value is -0.910. The van der Waals surface area contributed by atoms with E-state index in [2.05, 4.69) is 0 Å². The van der Waals surface area contributed by atoms with Crippen LogP contribution in [0.3, 0.4) is 0 Å². The van der Waals surface area contributed by atoms with Crippen molar-refractivity contribution in [3.8, 4) is 0 Å². The molecule has 2 amide bonds. The SMILES string of the molecule is O=C(C1CCC1)N1CCC2(CC1)N(CC1CC1)C(=O)CS2=O. The molecule has 4 aliphatic rings. The quantitative estimate of drug-likeness (QED) is 0.781. The highest BCUT2D eigenvalue weighted by molar-refractivity contribution is 7.87. The van der Waals surface area contributed by atoms with Crippen LogP contribution in [0.2, 0.25) is 0 Å². The Morgan fingerprint density at radius 1 is 1.18 bits per heavy atom. The molecule has 0 aromatic heterocycles. The van der Waals surface area contributed by atoms with Crippen molar-refractivity contribution in [2.24, 2.45) is 11.8 Å². The van der Waals surface area contributed by atoms with E-state index >= 15 is 0 Å². The summed E-state index contributed by atoms with van der Waals surface area (Å²) in [5.41, 5.74) is 0. The minimum Gasteiger partial charge on any atom is -0.342 e. The molecule has 0 radical (unpaired) electrons. The van der Waals surface area contributed by atoms with Crippen molar-refractivity contribution in [3.63, 3.8) is 0 Å². The third kappa shape index (κ3) is 2.30. The molecule has 4 rings (SSSR count). The Kier molecular flexibility index (Phi) is 3.55. The summed E-state index contributed by atoms with van der Waals surface area (Å²) >= 11 is 0. The van der Waals surface area contributed by atoms with E-state index in [1.165, 1.54) is 19.3 Å².